The van der Waals surface area contributed by atoms with Gasteiger partial charge in [-0.1, -0.05) is 6.92 Å². The Hall–Kier alpha value is -2.35. The Labute approximate surface area is 112 Å². The topological polar surface area (TPSA) is 81.2 Å². The molecule has 0 fully saturated rings. The third-order valence-corrected chi connectivity index (χ3v) is 2.58. The van der Waals surface area contributed by atoms with Crippen molar-refractivity contribution < 1.29 is 18.1 Å². The van der Waals surface area contributed by atoms with Gasteiger partial charge in [-0.3, -0.25) is 10.1 Å². The summed E-state index contributed by atoms with van der Waals surface area (Å²) in [6, 6.07) is 1.25. The van der Waals surface area contributed by atoms with Crippen molar-refractivity contribution in [2.75, 3.05) is 6.54 Å². The molecular formula is C12H11F2N3O3. The highest BCUT2D eigenvalue weighted by Crippen LogP contribution is 2.32. The second-order valence-corrected chi connectivity index (χ2v) is 3.94. The summed E-state index contributed by atoms with van der Waals surface area (Å²) in [5.74, 6) is -2.15. The number of aromatic nitrogens is 1. The first-order valence-corrected chi connectivity index (χ1v) is 5.82. The van der Waals surface area contributed by atoms with Gasteiger partial charge < -0.3 is 9.73 Å². The Kier molecular flexibility index (Phi) is 4.04. The van der Waals surface area contributed by atoms with Crippen LogP contribution in [0.15, 0.2) is 22.7 Å². The van der Waals surface area contributed by atoms with Crippen LogP contribution in [-0.4, -0.2) is 16.5 Å². The largest absolute Gasteiger partial charge is 0.439 e. The van der Waals surface area contributed by atoms with Crippen LogP contribution < -0.4 is 5.32 Å². The summed E-state index contributed by atoms with van der Waals surface area (Å²) < 4.78 is 31.6. The highest BCUT2D eigenvalue weighted by molar-refractivity contribution is 5.69. The van der Waals surface area contributed by atoms with E-state index in [1.807, 2.05) is 6.92 Å². The summed E-state index contributed by atoms with van der Waals surface area (Å²) in [6.45, 7) is 2.93. The predicted octanol–water partition coefficient (Wildman–Crippen LogP) is 2.64. The van der Waals surface area contributed by atoms with Gasteiger partial charge in [-0.15, -0.1) is 0 Å². The number of nitro groups is 1. The standard InChI is InChI=1S/C12H11F2N3O3/c1-2-15-6-12-16-5-11(20-12)7-3-8(13)9(14)4-10(7)17(18)19/h3-5,15H,2,6H2,1H3. The summed E-state index contributed by atoms with van der Waals surface area (Å²) in [5.41, 5.74) is -0.723. The third-order valence-electron chi connectivity index (χ3n) is 2.58. The van der Waals surface area contributed by atoms with E-state index in [4.69, 9.17) is 4.42 Å². The maximum atomic E-state index is 13.2. The van der Waals surface area contributed by atoms with E-state index in [1.54, 1.807) is 0 Å². The lowest BCUT2D eigenvalue weighted by Crippen LogP contribution is -2.11. The second kappa shape index (κ2) is 5.74. The number of benzene rings is 1. The lowest BCUT2D eigenvalue weighted by molar-refractivity contribution is -0.384. The van der Waals surface area contributed by atoms with E-state index in [-0.39, 0.29) is 11.3 Å². The SMILES string of the molecule is CCNCc1ncc(-c2cc(F)c(F)cc2[N+](=O)[O-])o1. The highest BCUT2D eigenvalue weighted by atomic mass is 19.2. The number of hydrogen-bond donors (Lipinski definition) is 1. The molecule has 0 aliphatic rings. The minimum Gasteiger partial charge on any atom is -0.439 e. The molecule has 0 spiro atoms. The fourth-order valence-corrected chi connectivity index (χ4v) is 1.63. The molecule has 1 N–H and O–H groups in total. The Morgan fingerprint density at radius 2 is 2.10 bits per heavy atom. The first-order chi connectivity index (χ1) is 9.52. The Balaban J connectivity index is 2.43. The molecule has 0 amide bonds. The van der Waals surface area contributed by atoms with Gasteiger partial charge in [0, 0.05) is 0 Å². The van der Waals surface area contributed by atoms with Crippen LogP contribution in [0.5, 0.6) is 0 Å². The second-order valence-electron chi connectivity index (χ2n) is 3.94. The van der Waals surface area contributed by atoms with Crippen molar-refractivity contribution in [3.8, 4) is 11.3 Å². The van der Waals surface area contributed by atoms with Gasteiger partial charge in [-0.25, -0.2) is 13.8 Å². The fourth-order valence-electron chi connectivity index (χ4n) is 1.63. The van der Waals surface area contributed by atoms with Crippen LogP contribution in [0.2, 0.25) is 0 Å². The number of nitrogens with one attached hydrogen (secondary N) is 1. The first kappa shape index (κ1) is 14.1. The van der Waals surface area contributed by atoms with E-state index in [9.17, 15) is 18.9 Å². The summed E-state index contributed by atoms with van der Waals surface area (Å²) >= 11 is 0. The van der Waals surface area contributed by atoms with E-state index < -0.39 is 22.2 Å². The number of halogens is 2. The Morgan fingerprint density at radius 1 is 1.40 bits per heavy atom. The number of oxazole rings is 1. The summed E-state index contributed by atoms with van der Waals surface area (Å²) in [4.78, 5) is 14.0. The van der Waals surface area contributed by atoms with Crippen molar-refractivity contribution in [1.82, 2.24) is 10.3 Å². The minimum absolute atomic E-state index is 0.0171. The Morgan fingerprint density at radius 3 is 2.75 bits per heavy atom. The molecule has 0 saturated carbocycles. The molecule has 0 bridgehead atoms. The van der Waals surface area contributed by atoms with E-state index >= 15 is 0 Å². The van der Waals surface area contributed by atoms with Crippen molar-refractivity contribution >= 4 is 5.69 Å². The molecule has 0 atom stereocenters. The number of rotatable bonds is 5. The van der Waals surface area contributed by atoms with Crippen molar-refractivity contribution in [1.29, 1.82) is 0 Å². The van der Waals surface area contributed by atoms with E-state index in [1.165, 1.54) is 6.20 Å². The lowest BCUT2D eigenvalue weighted by Gasteiger charge is -2.01. The van der Waals surface area contributed by atoms with Crippen LogP contribution in [0.4, 0.5) is 14.5 Å². The van der Waals surface area contributed by atoms with Crippen LogP contribution in [0.3, 0.4) is 0 Å². The molecule has 8 heteroatoms. The normalized spacial score (nSPS) is 10.8. The van der Waals surface area contributed by atoms with E-state index in [2.05, 4.69) is 10.3 Å². The zero-order valence-corrected chi connectivity index (χ0v) is 10.5. The summed E-state index contributed by atoms with van der Waals surface area (Å²) in [6.07, 6.45) is 1.24. The van der Waals surface area contributed by atoms with Crippen LogP contribution in [-0.2, 0) is 6.54 Å². The van der Waals surface area contributed by atoms with Gasteiger partial charge in [-0.2, -0.15) is 0 Å². The third kappa shape index (κ3) is 2.80. The average Bonchev–Trinajstić information content (AvgIpc) is 2.87. The van der Waals surface area contributed by atoms with Crippen molar-refractivity contribution in [3.63, 3.8) is 0 Å². The zero-order valence-electron chi connectivity index (χ0n) is 10.5. The lowest BCUT2D eigenvalue weighted by atomic mass is 10.1. The molecule has 1 heterocycles. The molecule has 0 aliphatic carbocycles. The van der Waals surface area contributed by atoms with Gasteiger partial charge in [0.2, 0.25) is 5.89 Å². The van der Waals surface area contributed by atoms with E-state index in [0.29, 0.717) is 25.0 Å². The maximum Gasteiger partial charge on any atom is 0.283 e. The molecule has 0 radical (unpaired) electrons. The molecule has 2 aromatic rings. The molecule has 0 saturated heterocycles. The quantitative estimate of drug-likeness (QED) is 0.674. The van der Waals surface area contributed by atoms with Crippen LogP contribution in [0.1, 0.15) is 12.8 Å². The molecule has 1 aromatic heterocycles. The molecule has 6 nitrogen and oxygen atoms in total. The van der Waals surface area contributed by atoms with Crippen LogP contribution >= 0.6 is 0 Å². The number of hydrogen-bond acceptors (Lipinski definition) is 5. The van der Waals surface area contributed by atoms with Gasteiger partial charge in [0.25, 0.3) is 5.69 Å². The number of nitrogens with zero attached hydrogens (tertiary/aromatic N) is 2. The van der Waals surface area contributed by atoms with Gasteiger partial charge >= 0.3 is 0 Å². The predicted molar refractivity (Wildman–Crippen MR) is 65.9 cm³/mol. The average molecular weight is 283 g/mol. The Bertz CT molecular complexity index is 643. The number of nitro benzene ring substituents is 1. The first-order valence-electron chi connectivity index (χ1n) is 5.82. The van der Waals surface area contributed by atoms with Crippen molar-refractivity contribution in [3.05, 3.63) is 46.0 Å². The van der Waals surface area contributed by atoms with E-state index in [0.717, 1.165) is 6.07 Å². The molecule has 0 unspecified atom stereocenters. The molecule has 106 valence electrons. The minimum atomic E-state index is -1.28. The highest BCUT2D eigenvalue weighted by Gasteiger charge is 2.22. The van der Waals surface area contributed by atoms with Crippen LogP contribution in [0, 0.1) is 21.7 Å². The van der Waals surface area contributed by atoms with Gasteiger partial charge in [0.1, 0.15) is 0 Å². The molecular weight excluding hydrogens is 272 g/mol. The zero-order chi connectivity index (χ0) is 14.7. The van der Waals surface area contributed by atoms with Gasteiger partial charge in [0.05, 0.1) is 29.3 Å². The molecule has 2 rings (SSSR count). The molecule has 20 heavy (non-hydrogen) atoms. The van der Waals surface area contributed by atoms with Gasteiger partial charge in [0.15, 0.2) is 17.4 Å². The molecule has 1 aromatic carbocycles. The van der Waals surface area contributed by atoms with Crippen LogP contribution in [0.25, 0.3) is 11.3 Å². The molecule has 0 aliphatic heterocycles. The smallest absolute Gasteiger partial charge is 0.283 e. The summed E-state index contributed by atoms with van der Waals surface area (Å²) in [5, 5.41) is 13.8. The van der Waals surface area contributed by atoms with Crippen molar-refractivity contribution in [2.45, 2.75) is 13.5 Å². The summed E-state index contributed by atoms with van der Waals surface area (Å²) in [7, 11) is 0. The maximum absolute atomic E-state index is 13.2. The van der Waals surface area contributed by atoms with Gasteiger partial charge in [-0.05, 0) is 12.6 Å². The fraction of sp³-hybridized carbons (Fsp3) is 0.250. The van der Waals surface area contributed by atoms with Crippen molar-refractivity contribution in [2.24, 2.45) is 0 Å². The monoisotopic (exact) mass is 283 g/mol.